The molecule has 0 bridgehead atoms. The van der Waals surface area contributed by atoms with E-state index in [1.807, 2.05) is 18.2 Å². The zero-order valence-corrected chi connectivity index (χ0v) is 12.3. The molecule has 0 aliphatic heterocycles. The number of aromatic amines is 1. The zero-order chi connectivity index (χ0) is 13.8. The molecule has 0 aliphatic carbocycles. The van der Waals surface area contributed by atoms with Crippen molar-refractivity contribution >= 4 is 12.2 Å². The van der Waals surface area contributed by atoms with Crippen molar-refractivity contribution in [3.8, 4) is 5.75 Å². The summed E-state index contributed by atoms with van der Waals surface area (Å²) in [7, 11) is 1.70. The molecule has 0 radical (unpaired) electrons. The fourth-order valence-corrected chi connectivity index (χ4v) is 2.36. The van der Waals surface area contributed by atoms with Crippen LogP contribution >= 0.6 is 12.2 Å². The summed E-state index contributed by atoms with van der Waals surface area (Å²) in [6.07, 6.45) is 0.873. The minimum Gasteiger partial charge on any atom is -0.496 e. The van der Waals surface area contributed by atoms with Gasteiger partial charge in [0.05, 0.1) is 7.11 Å². The number of nitrogens with one attached hydrogen (secondary N) is 1. The molecule has 1 N–H and O–H groups in total. The lowest BCUT2D eigenvalue weighted by atomic mass is 10.1. The monoisotopic (exact) mass is 277 g/mol. The number of aromatic nitrogens is 3. The molecule has 102 valence electrons. The molecule has 0 aliphatic rings. The third kappa shape index (κ3) is 3.04. The third-order valence-electron chi connectivity index (χ3n) is 3.10. The molecule has 1 heterocycles. The van der Waals surface area contributed by atoms with E-state index in [1.165, 1.54) is 5.56 Å². The summed E-state index contributed by atoms with van der Waals surface area (Å²) in [6.45, 7) is 5.04. The maximum atomic E-state index is 5.36. The van der Waals surface area contributed by atoms with Crippen LogP contribution in [0.2, 0.25) is 0 Å². The normalized spacial score (nSPS) is 10.9. The molecule has 1 aromatic carbocycles. The number of H-pyrrole nitrogens is 1. The summed E-state index contributed by atoms with van der Waals surface area (Å²) >= 11 is 5.28. The van der Waals surface area contributed by atoms with E-state index in [2.05, 4.69) is 34.7 Å². The fraction of sp³-hybridized carbons (Fsp3) is 0.429. The van der Waals surface area contributed by atoms with Crippen molar-refractivity contribution in [1.29, 1.82) is 0 Å². The van der Waals surface area contributed by atoms with Crippen LogP contribution in [0.15, 0.2) is 24.3 Å². The Kier molecular flexibility index (Phi) is 4.37. The molecule has 19 heavy (non-hydrogen) atoms. The Morgan fingerprint density at radius 1 is 1.37 bits per heavy atom. The lowest BCUT2D eigenvalue weighted by Crippen LogP contribution is -2.08. The van der Waals surface area contributed by atoms with Crippen LogP contribution in [0, 0.1) is 4.77 Å². The standard InChI is InChI=1S/C14H19N3OS/c1-10(2)13-15-16-14(19)17(13)9-8-11-6-4-5-7-12(11)18-3/h4-7,10H,8-9H2,1-3H3,(H,16,19). The number of hydrogen-bond donors (Lipinski definition) is 1. The second kappa shape index (κ2) is 6.02. The molecule has 1 aromatic heterocycles. The highest BCUT2D eigenvalue weighted by molar-refractivity contribution is 7.71. The van der Waals surface area contributed by atoms with Crippen LogP contribution in [0.25, 0.3) is 0 Å². The summed E-state index contributed by atoms with van der Waals surface area (Å²) in [5.74, 6) is 2.27. The van der Waals surface area contributed by atoms with Crippen LogP contribution in [0.1, 0.15) is 31.2 Å². The summed E-state index contributed by atoms with van der Waals surface area (Å²) in [5.41, 5.74) is 1.18. The molecule has 4 nitrogen and oxygen atoms in total. The Hall–Kier alpha value is -1.62. The van der Waals surface area contributed by atoms with Gasteiger partial charge in [-0.15, -0.1) is 0 Å². The van der Waals surface area contributed by atoms with Gasteiger partial charge in [-0.25, -0.2) is 0 Å². The molecule has 5 heteroatoms. The molecule has 0 atom stereocenters. The van der Waals surface area contributed by atoms with Gasteiger partial charge in [-0.3, -0.25) is 5.10 Å². The van der Waals surface area contributed by atoms with E-state index < -0.39 is 0 Å². The van der Waals surface area contributed by atoms with Crippen LogP contribution < -0.4 is 4.74 Å². The average Bonchev–Trinajstić information content (AvgIpc) is 2.78. The number of benzene rings is 1. The van der Waals surface area contributed by atoms with Gasteiger partial charge in [-0.1, -0.05) is 32.0 Å². The average molecular weight is 277 g/mol. The molecule has 0 unspecified atom stereocenters. The number of hydrogen-bond acceptors (Lipinski definition) is 3. The predicted molar refractivity (Wildman–Crippen MR) is 78.2 cm³/mol. The van der Waals surface area contributed by atoms with Gasteiger partial charge in [-0.05, 0) is 30.3 Å². The molecule has 2 rings (SSSR count). The molecule has 0 saturated heterocycles. The topological polar surface area (TPSA) is 42.8 Å². The zero-order valence-electron chi connectivity index (χ0n) is 11.5. The first-order chi connectivity index (χ1) is 9.13. The minimum atomic E-state index is 0.352. The largest absolute Gasteiger partial charge is 0.496 e. The Morgan fingerprint density at radius 3 is 2.79 bits per heavy atom. The second-order valence-electron chi connectivity index (χ2n) is 4.76. The minimum absolute atomic E-state index is 0.352. The van der Waals surface area contributed by atoms with Crippen molar-refractivity contribution in [2.75, 3.05) is 7.11 Å². The van der Waals surface area contributed by atoms with E-state index in [0.29, 0.717) is 10.7 Å². The maximum absolute atomic E-state index is 5.36. The van der Waals surface area contributed by atoms with E-state index in [0.717, 1.165) is 24.5 Å². The van der Waals surface area contributed by atoms with Gasteiger partial charge >= 0.3 is 0 Å². The summed E-state index contributed by atoms with van der Waals surface area (Å²) in [6, 6.07) is 8.06. The molecule has 0 fully saturated rings. The number of methoxy groups -OCH3 is 1. The van der Waals surface area contributed by atoms with E-state index >= 15 is 0 Å². The van der Waals surface area contributed by atoms with Gasteiger partial charge < -0.3 is 9.30 Å². The van der Waals surface area contributed by atoms with Gasteiger partial charge in [0, 0.05) is 12.5 Å². The highest BCUT2D eigenvalue weighted by atomic mass is 32.1. The number of aryl methyl sites for hydroxylation is 1. The van der Waals surface area contributed by atoms with Gasteiger partial charge in [0.15, 0.2) is 4.77 Å². The number of ether oxygens (including phenoxy) is 1. The van der Waals surface area contributed by atoms with Crippen molar-refractivity contribution in [2.24, 2.45) is 0 Å². The van der Waals surface area contributed by atoms with Gasteiger partial charge in [0.25, 0.3) is 0 Å². The van der Waals surface area contributed by atoms with Crippen LogP contribution in [0.3, 0.4) is 0 Å². The fourth-order valence-electron chi connectivity index (χ4n) is 2.13. The molecule has 0 saturated carbocycles. The van der Waals surface area contributed by atoms with E-state index in [1.54, 1.807) is 7.11 Å². The summed E-state index contributed by atoms with van der Waals surface area (Å²) in [4.78, 5) is 0. The Labute approximate surface area is 118 Å². The van der Waals surface area contributed by atoms with Crippen LogP contribution in [0.5, 0.6) is 5.75 Å². The van der Waals surface area contributed by atoms with Crippen LogP contribution in [0.4, 0.5) is 0 Å². The Balaban J connectivity index is 2.19. The number of rotatable bonds is 5. The van der Waals surface area contributed by atoms with Gasteiger partial charge in [-0.2, -0.15) is 5.10 Å². The quantitative estimate of drug-likeness (QED) is 0.853. The first kappa shape index (κ1) is 13.8. The highest BCUT2D eigenvalue weighted by Gasteiger charge is 2.10. The first-order valence-electron chi connectivity index (χ1n) is 6.40. The van der Waals surface area contributed by atoms with Crippen LogP contribution in [-0.2, 0) is 13.0 Å². The maximum Gasteiger partial charge on any atom is 0.195 e. The second-order valence-corrected chi connectivity index (χ2v) is 5.14. The summed E-state index contributed by atoms with van der Waals surface area (Å²) < 4.78 is 8.11. The third-order valence-corrected chi connectivity index (χ3v) is 3.41. The van der Waals surface area contributed by atoms with Crippen molar-refractivity contribution in [2.45, 2.75) is 32.7 Å². The SMILES string of the molecule is COc1ccccc1CCn1c(C(C)C)n[nH]c1=S. The highest BCUT2D eigenvalue weighted by Crippen LogP contribution is 2.19. The van der Waals surface area contributed by atoms with Crippen molar-refractivity contribution in [3.63, 3.8) is 0 Å². The van der Waals surface area contributed by atoms with Crippen molar-refractivity contribution < 1.29 is 4.74 Å². The lowest BCUT2D eigenvalue weighted by Gasteiger charge is -2.11. The molecule has 0 amide bonds. The van der Waals surface area contributed by atoms with E-state index in [4.69, 9.17) is 17.0 Å². The first-order valence-corrected chi connectivity index (χ1v) is 6.81. The molecular weight excluding hydrogens is 258 g/mol. The number of para-hydroxylation sites is 1. The molecule has 2 aromatic rings. The van der Waals surface area contributed by atoms with Gasteiger partial charge in [0.2, 0.25) is 0 Å². The molecule has 0 spiro atoms. The number of nitrogens with zero attached hydrogens (tertiary/aromatic N) is 2. The lowest BCUT2D eigenvalue weighted by molar-refractivity contribution is 0.408. The summed E-state index contributed by atoms with van der Waals surface area (Å²) in [5, 5.41) is 7.15. The van der Waals surface area contributed by atoms with Crippen molar-refractivity contribution in [1.82, 2.24) is 14.8 Å². The smallest absolute Gasteiger partial charge is 0.195 e. The Morgan fingerprint density at radius 2 is 2.11 bits per heavy atom. The van der Waals surface area contributed by atoms with E-state index in [-0.39, 0.29) is 0 Å². The Bertz CT molecular complexity index is 601. The van der Waals surface area contributed by atoms with E-state index in [9.17, 15) is 0 Å². The van der Waals surface area contributed by atoms with Crippen LogP contribution in [-0.4, -0.2) is 21.9 Å². The molecular formula is C14H19N3OS. The predicted octanol–water partition coefficient (Wildman–Crippen LogP) is 3.32. The van der Waals surface area contributed by atoms with Gasteiger partial charge in [0.1, 0.15) is 11.6 Å². The van der Waals surface area contributed by atoms with Crippen molar-refractivity contribution in [3.05, 3.63) is 40.4 Å².